The maximum Gasteiger partial charge on any atom is 0.355 e. The molecule has 0 radical (unpaired) electrons. The van der Waals surface area contributed by atoms with E-state index in [9.17, 15) is 10.1 Å². The third kappa shape index (κ3) is 5.22. The van der Waals surface area contributed by atoms with E-state index in [4.69, 9.17) is 9.47 Å². The largest absolute Gasteiger partial charge is 0.497 e. The first-order valence-corrected chi connectivity index (χ1v) is 11.1. The van der Waals surface area contributed by atoms with Crippen molar-refractivity contribution in [3.05, 3.63) is 77.4 Å². The van der Waals surface area contributed by atoms with Gasteiger partial charge in [-0.1, -0.05) is 43.0 Å². The van der Waals surface area contributed by atoms with Crippen molar-refractivity contribution >= 4 is 5.97 Å². The number of methoxy groups -OCH3 is 1. The molecular weight excluding hydrogens is 444 g/mol. The van der Waals surface area contributed by atoms with Crippen molar-refractivity contribution in [2.75, 3.05) is 13.7 Å². The summed E-state index contributed by atoms with van der Waals surface area (Å²) in [6.07, 6.45) is 5.65. The van der Waals surface area contributed by atoms with Gasteiger partial charge in [-0.05, 0) is 48.4 Å². The standard InChI is InChI=1S/C26H28N6O3/c1-7-19(10-9-17(3)34-6)16-32-25(28-29-30-32)21-13-11-20(12-14-21)23-22(15-27)18(4)31(5)24(23)26(33)35-8-2/h7,9-14H,3,8,16H2,1-2,4-6H3/b10-9-,19-7+. The van der Waals surface area contributed by atoms with Crippen LogP contribution in [-0.4, -0.2) is 44.5 Å². The van der Waals surface area contributed by atoms with Crippen LogP contribution in [0.25, 0.3) is 22.5 Å². The van der Waals surface area contributed by atoms with E-state index >= 15 is 0 Å². The number of benzene rings is 1. The van der Waals surface area contributed by atoms with Gasteiger partial charge in [0.05, 0.1) is 25.8 Å². The topological polar surface area (TPSA) is 108 Å². The quantitative estimate of drug-likeness (QED) is 0.259. The smallest absolute Gasteiger partial charge is 0.355 e. The Morgan fingerprint density at radius 3 is 2.51 bits per heavy atom. The number of hydrogen-bond acceptors (Lipinski definition) is 7. The van der Waals surface area contributed by atoms with Crippen LogP contribution in [0, 0.1) is 18.3 Å². The van der Waals surface area contributed by atoms with E-state index in [0.717, 1.165) is 16.7 Å². The van der Waals surface area contributed by atoms with Crippen LogP contribution in [0.1, 0.15) is 35.6 Å². The van der Waals surface area contributed by atoms with E-state index in [1.807, 2.05) is 50.3 Å². The van der Waals surface area contributed by atoms with Gasteiger partial charge in [0, 0.05) is 23.9 Å². The van der Waals surface area contributed by atoms with Crippen molar-refractivity contribution in [3.63, 3.8) is 0 Å². The van der Waals surface area contributed by atoms with E-state index in [2.05, 4.69) is 28.2 Å². The third-order valence-electron chi connectivity index (χ3n) is 5.68. The third-order valence-corrected chi connectivity index (χ3v) is 5.68. The van der Waals surface area contributed by atoms with Crippen molar-refractivity contribution in [1.29, 1.82) is 5.26 Å². The van der Waals surface area contributed by atoms with Gasteiger partial charge in [-0.25, -0.2) is 9.48 Å². The number of esters is 1. The number of tetrazole rings is 1. The summed E-state index contributed by atoms with van der Waals surface area (Å²) >= 11 is 0. The zero-order valence-corrected chi connectivity index (χ0v) is 20.6. The summed E-state index contributed by atoms with van der Waals surface area (Å²) in [5, 5.41) is 21.9. The Morgan fingerprint density at radius 2 is 1.91 bits per heavy atom. The van der Waals surface area contributed by atoms with Crippen LogP contribution in [-0.2, 0) is 23.1 Å². The molecule has 0 atom stereocenters. The second kappa shape index (κ2) is 11.1. The average Bonchev–Trinajstić information content (AvgIpc) is 3.43. The highest BCUT2D eigenvalue weighted by molar-refractivity contribution is 5.98. The zero-order valence-electron chi connectivity index (χ0n) is 20.6. The molecule has 180 valence electrons. The number of carbonyl (C=O) groups excluding carboxylic acids is 1. The number of rotatable bonds is 9. The monoisotopic (exact) mass is 472 g/mol. The molecule has 2 aromatic heterocycles. The minimum atomic E-state index is -0.467. The van der Waals surface area contributed by atoms with Crippen LogP contribution in [0.4, 0.5) is 0 Å². The molecule has 1 aromatic carbocycles. The molecule has 0 aliphatic rings. The average molecular weight is 473 g/mol. The van der Waals surface area contributed by atoms with Gasteiger partial charge >= 0.3 is 5.97 Å². The molecule has 0 saturated carbocycles. The second-order valence-electron chi connectivity index (χ2n) is 7.68. The molecule has 0 spiro atoms. The van der Waals surface area contributed by atoms with Crippen molar-refractivity contribution < 1.29 is 14.3 Å². The number of nitriles is 1. The Labute approximate surface area is 204 Å². The van der Waals surface area contributed by atoms with Gasteiger partial charge in [0.1, 0.15) is 17.5 Å². The Balaban J connectivity index is 1.97. The normalized spacial score (nSPS) is 11.5. The Hall–Kier alpha value is -4.45. The van der Waals surface area contributed by atoms with Crippen molar-refractivity contribution in [1.82, 2.24) is 24.8 Å². The molecule has 0 unspecified atom stereocenters. The summed E-state index contributed by atoms with van der Waals surface area (Å²) in [5.74, 6) is 0.669. The highest BCUT2D eigenvalue weighted by atomic mass is 16.5. The molecule has 9 nitrogen and oxygen atoms in total. The number of nitrogens with zero attached hydrogens (tertiary/aromatic N) is 6. The van der Waals surface area contributed by atoms with E-state index in [0.29, 0.717) is 40.6 Å². The first-order valence-electron chi connectivity index (χ1n) is 11.1. The van der Waals surface area contributed by atoms with Gasteiger partial charge in [0.15, 0.2) is 5.82 Å². The number of carbonyl (C=O) groups is 1. The first-order chi connectivity index (χ1) is 16.9. The highest BCUT2D eigenvalue weighted by Gasteiger charge is 2.26. The van der Waals surface area contributed by atoms with Crippen LogP contribution >= 0.6 is 0 Å². The fourth-order valence-electron chi connectivity index (χ4n) is 3.64. The molecule has 9 heteroatoms. The van der Waals surface area contributed by atoms with E-state index < -0.39 is 5.97 Å². The van der Waals surface area contributed by atoms with E-state index in [-0.39, 0.29) is 6.61 Å². The lowest BCUT2D eigenvalue weighted by atomic mass is 9.99. The molecule has 0 bridgehead atoms. The maximum atomic E-state index is 12.7. The minimum absolute atomic E-state index is 0.245. The van der Waals surface area contributed by atoms with Crippen molar-refractivity contribution in [3.8, 4) is 28.6 Å². The van der Waals surface area contributed by atoms with E-state index in [1.165, 1.54) is 0 Å². The van der Waals surface area contributed by atoms with Gasteiger partial charge in [0.2, 0.25) is 0 Å². The van der Waals surface area contributed by atoms with Gasteiger partial charge in [-0.2, -0.15) is 5.26 Å². The molecule has 3 aromatic rings. The summed E-state index contributed by atoms with van der Waals surface area (Å²) in [5.41, 5.74) is 4.54. The number of hydrogen-bond donors (Lipinski definition) is 0. The van der Waals surface area contributed by atoms with Crippen LogP contribution in [0.5, 0.6) is 0 Å². The van der Waals surface area contributed by atoms with Crippen LogP contribution in [0.15, 0.2) is 60.4 Å². The minimum Gasteiger partial charge on any atom is -0.497 e. The molecule has 0 amide bonds. The van der Waals surface area contributed by atoms with E-state index in [1.54, 1.807) is 36.4 Å². The van der Waals surface area contributed by atoms with Crippen LogP contribution < -0.4 is 0 Å². The number of aromatic nitrogens is 5. The fraction of sp³-hybridized carbons (Fsp3) is 0.269. The predicted molar refractivity (Wildman–Crippen MR) is 132 cm³/mol. The Bertz CT molecular complexity index is 1340. The molecular formula is C26H28N6O3. The SMILES string of the molecule is C=C(/C=C\C(=C/C)Cn1nnnc1-c1ccc(-c2c(C#N)c(C)n(C)c2C(=O)OCC)cc1)OC. The highest BCUT2D eigenvalue weighted by Crippen LogP contribution is 2.33. The molecule has 0 aliphatic carbocycles. The lowest BCUT2D eigenvalue weighted by Gasteiger charge is -2.09. The van der Waals surface area contributed by atoms with Crippen molar-refractivity contribution in [2.45, 2.75) is 27.3 Å². The maximum absolute atomic E-state index is 12.7. The summed E-state index contributed by atoms with van der Waals surface area (Å²) in [7, 11) is 3.32. The molecule has 35 heavy (non-hydrogen) atoms. The fourth-order valence-corrected chi connectivity index (χ4v) is 3.64. The first kappa shape index (κ1) is 25.2. The Kier molecular flexibility index (Phi) is 8.00. The summed E-state index contributed by atoms with van der Waals surface area (Å²) in [6, 6.07) is 9.67. The summed E-state index contributed by atoms with van der Waals surface area (Å²) in [4.78, 5) is 12.7. The second-order valence-corrected chi connectivity index (χ2v) is 7.68. The predicted octanol–water partition coefficient (Wildman–Crippen LogP) is 4.37. The van der Waals surface area contributed by atoms with Crippen LogP contribution in [0.3, 0.4) is 0 Å². The molecule has 0 fully saturated rings. The lowest BCUT2D eigenvalue weighted by Crippen LogP contribution is -2.11. The lowest BCUT2D eigenvalue weighted by molar-refractivity contribution is 0.0516. The number of ether oxygens (including phenoxy) is 2. The molecule has 3 rings (SSSR count). The molecule has 0 N–H and O–H groups in total. The van der Waals surface area contributed by atoms with Crippen molar-refractivity contribution in [2.24, 2.45) is 7.05 Å². The molecule has 2 heterocycles. The van der Waals surface area contributed by atoms with Gasteiger partial charge in [-0.15, -0.1) is 5.10 Å². The Morgan fingerprint density at radius 1 is 1.23 bits per heavy atom. The zero-order chi connectivity index (χ0) is 25.5. The summed E-state index contributed by atoms with van der Waals surface area (Å²) < 4.78 is 13.7. The van der Waals surface area contributed by atoms with Crippen LogP contribution in [0.2, 0.25) is 0 Å². The number of allylic oxidation sites excluding steroid dienone is 4. The van der Waals surface area contributed by atoms with Gasteiger partial charge in [-0.3, -0.25) is 0 Å². The van der Waals surface area contributed by atoms with Gasteiger partial charge < -0.3 is 14.0 Å². The van der Waals surface area contributed by atoms with Gasteiger partial charge in [0.25, 0.3) is 0 Å². The summed E-state index contributed by atoms with van der Waals surface area (Å²) in [6.45, 7) is 9.98. The molecule has 0 aliphatic heterocycles. The molecule has 0 saturated heterocycles.